The largest absolute Gasteiger partial charge is 0.480 e. The van der Waals surface area contributed by atoms with E-state index in [0.717, 1.165) is 11.1 Å². The number of hydrogen-bond acceptors (Lipinski definition) is 4. The third kappa shape index (κ3) is 6.75. The second kappa shape index (κ2) is 9.19. The second-order valence-corrected chi connectivity index (χ2v) is 7.07. The molecule has 0 aliphatic carbocycles. The van der Waals surface area contributed by atoms with Gasteiger partial charge in [0, 0.05) is 0 Å². The van der Waals surface area contributed by atoms with Crippen LogP contribution < -0.4 is 5.32 Å². The Hall–Kier alpha value is -2.86. The van der Waals surface area contributed by atoms with Crippen molar-refractivity contribution in [3.8, 4) is 0 Å². The summed E-state index contributed by atoms with van der Waals surface area (Å²) in [6.07, 6.45) is -1.25. The van der Waals surface area contributed by atoms with Crippen LogP contribution >= 0.6 is 0 Å². The van der Waals surface area contributed by atoms with Crippen molar-refractivity contribution in [1.82, 2.24) is 5.32 Å². The Morgan fingerprint density at radius 3 is 1.85 bits per heavy atom. The molecule has 0 aromatic heterocycles. The predicted octanol–water partition coefficient (Wildman–Crippen LogP) is 3.77. The minimum atomic E-state index is -1.23. The molecular weight excluding hydrogens is 346 g/mol. The van der Waals surface area contributed by atoms with E-state index in [9.17, 15) is 14.7 Å². The number of rotatable bonds is 7. The summed E-state index contributed by atoms with van der Waals surface area (Å²) in [7, 11) is 0. The van der Waals surface area contributed by atoms with Gasteiger partial charge in [-0.25, -0.2) is 9.59 Å². The molecule has 1 amide bonds. The first-order valence-electron chi connectivity index (χ1n) is 8.70. The molecule has 0 aliphatic heterocycles. The van der Waals surface area contributed by atoms with Crippen molar-refractivity contribution in [1.29, 1.82) is 0 Å². The van der Waals surface area contributed by atoms with E-state index in [0.29, 0.717) is 0 Å². The smallest absolute Gasteiger partial charge is 0.408 e. The Balaban J connectivity index is 2.12. The van der Waals surface area contributed by atoms with Gasteiger partial charge < -0.3 is 19.9 Å². The minimum absolute atomic E-state index is 0.205. The lowest BCUT2D eigenvalue weighted by Crippen LogP contribution is -2.46. The van der Waals surface area contributed by atoms with E-state index in [-0.39, 0.29) is 6.61 Å². The first-order valence-corrected chi connectivity index (χ1v) is 8.70. The molecule has 0 bridgehead atoms. The van der Waals surface area contributed by atoms with Crippen molar-refractivity contribution >= 4 is 12.1 Å². The fraction of sp³-hybridized carbons (Fsp3) is 0.333. The average molecular weight is 371 g/mol. The maximum absolute atomic E-state index is 11.9. The third-order valence-corrected chi connectivity index (χ3v) is 3.62. The lowest BCUT2D eigenvalue weighted by Gasteiger charge is -2.24. The van der Waals surface area contributed by atoms with E-state index >= 15 is 0 Å². The van der Waals surface area contributed by atoms with Crippen molar-refractivity contribution in [3.05, 3.63) is 71.8 Å². The summed E-state index contributed by atoms with van der Waals surface area (Å²) in [5.41, 5.74) is 1.07. The van der Waals surface area contributed by atoms with E-state index in [1.807, 2.05) is 60.7 Å². The summed E-state index contributed by atoms with van der Waals surface area (Å²) >= 11 is 0. The van der Waals surface area contributed by atoms with Gasteiger partial charge in [0.05, 0.1) is 6.61 Å². The molecule has 2 N–H and O–H groups in total. The van der Waals surface area contributed by atoms with Gasteiger partial charge in [-0.2, -0.15) is 0 Å². The van der Waals surface area contributed by atoms with E-state index in [1.165, 1.54) is 0 Å². The predicted molar refractivity (Wildman–Crippen MR) is 101 cm³/mol. The first kappa shape index (κ1) is 20.5. The van der Waals surface area contributed by atoms with Crippen LogP contribution in [0.5, 0.6) is 0 Å². The fourth-order valence-corrected chi connectivity index (χ4v) is 2.46. The highest BCUT2D eigenvalue weighted by Gasteiger charge is 2.26. The molecule has 0 saturated carbocycles. The normalized spacial score (nSPS) is 12.4. The SMILES string of the molecule is CC(C)(C)OC(=O)NC(COC(c1ccccc1)c1ccccc1)C(=O)O. The zero-order valence-electron chi connectivity index (χ0n) is 15.7. The first-order chi connectivity index (χ1) is 12.8. The molecule has 144 valence electrons. The quantitative estimate of drug-likeness (QED) is 0.774. The highest BCUT2D eigenvalue weighted by Crippen LogP contribution is 2.25. The number of alkyl carbamates (subject to hydrolysis) is 1. The minimum Gasteiger partial charge on any atom is -0.480 e. The van der Waals surface area contributed by atoms with Crippen LogP contribution in [-0.4, -0.2) is 35.4 Å². The number of ether oxygens (including phenoxy) is 2. The van der Waals surface area contributed by atoms with Crippen LogP contribution in [0.25, 0.3) is 0 Å². The maximum Gasteiger partial charge on any atom is 0.408 e. The third-order valence-electron chi connectivity index (χ3n) is 3.62. The molecule has 6 nitrogen and oxygen atoms in total. The number of carbonyl (C=O) groups excluding carboxylic acids is 1. The standard InChI is InChI=1S/C21H25NO5/c1-21(2,3)27-20(25)22-17(19(23)24)14-26-18(15-10-6-4-7-11-15)16-12-8-5-9-13-16/h4-13,17-18H,14H2,1-3H3,(H,22,25)(H,23,24). The van der Waals surface area contributed by atoms with Gasteiger partial charge in [-0.3, -0.25) is 0 Å². The average Bonchev–Trinajstić information content (AvgIpc) is 2.61. The molecule has 0 heterocycles. The van der Waals surface area contributed by atoms with Gasteiger partial charge in [0.15, 0.2) is 6.04 Å². The molecule has 27 heavy (non-hydrogen) atoms. The number of carboxylic acids is 1. The molecule has 0 radical (unpaired) electrons. The zero-order valence-corrected chi connectivity index (χ0v) is 15.7. The van der Waals surface area contributed by atoms with Gasteiger partial charge in [0.1, 0.15) is 11.7 Å². The van der Waals surface area contributed by atoms with Crippen LogP contribution in [0.2, 0.25) is 0 Å². The summed E-state index contributed by atoms with van der Waals surface area (Å²) < 4.78 is 11.0. The molecule has 0 spiro atoms. The molecule has 2 rings (SSSR count). The van der Waals surface area contributed by atoms with Crippen molar-refractivity contribution in [2.75, 3.05) is 6.61 Å². The fourth-order valence-electron chi connectivity index (χ4n) is 2.46. The molecule has 0 aliphatic rings. The molecule has 6 heteroatoms. The van der Waals surface area contributed by atoms with Gasteiger partial charge in [-0.1, -0.05) is 60.7 Å². The molecule has 0 saturated heterocycles. The summed E-state index contributed by atoms with van der Waals surface area (Å²) in [5.74, 6) is -1.19. The maximum atomic E-state index is 11.9. The Morgan fingerprint density at radius 2 is 1.44 bits per heavy atom. The number of hydrogen-bond donors (Lipinski definition) is 2. The molecular formula is C21H25NO5. The monoisotopic (exact) mass is 371 g/mol. The van der Waals surface area contributed by atoms with E-state index in [2.05, 4.69) is 5.32 Å². The van der Waals surface area contributed by atoms with Gasteiger partial charge in [0.25, 0.3) is 0 Å². The van der Waals surface area contributed by atoms with Crippen molar-refractivity contribution in [3.63, 3.8) is 0 Å². The number of carboxylic acid groups (broad SMARTS) is 1. The van der Waals surface area contributed by atoms with Crippen LogP contribution in [0.15, 0.2) is 60.7 Å². The van der Waals surface area contributed by atoms with Gasteiger partial charge in [-0.15, -0.1) is 0 Å². The summed E-state index contributed by atoms with van der Waals surface area (Å²) in [6.45, 7) is 4.92. The second-order valence-electron chi connectivity index (χ2n) is 7.07. The highest BCUT2D eigenvalue weighted by molar-refractivity contribution is 5.80. The highest BCUT2D eigenvalue weighted by atomic mass is 16.6. The van der Waals surface area contributed by atoms with Crippen molar-refractivity contribution in [2.24, 2.45) is 0 Å². The topological polar surface area (TPSA) is 84.9 Å². The van der Waals surface area contributed by atoms with Gasteiger partial charge in [-0.05, 0) is 31.9 Å². The molecule has 1 atom stereocenters. The zero-order chi connectivity index (χ0) is 19.9. The van der Waals surface area contributed by atoms with Crippen LogP contribution in [-0.2, 0) is 14.3 Å². The molecule has 2 aromatic rings. The Morgan fingerprint density at radius 1 is 0.963 bits per heavy atom. The van der Waals surface area contributed by atoms with Crippen molar-refractivity contribution < 1.29 is 24.2 Å². The molecule has 0 fully saturated rings. The summed E-state index contributed by atoms with van der Waals surface area (Å²) in [4.78, 5) is 23.4. The van der Waals surface area contributed by atoms with Gasteiger partial charge >= 0.3 is 12.1 Å². The molecule has 2 aromatic carbocycles. The number of benzene rings is 2. The summed E-state index contributed by atoms with van der Waals surface area (Å²) in [6, 6.07) is 17.8. The van der Waals surface area contributed by atoms with Crippen LogP contribution in [0.1, 0.15) is 38.0 Å². The Bertz CT molecular complexity index is 701. The summed E-state index contributed by atoms with van der Waals surface area (Å²) in [5, 5.41) is 11.8. The lowest BCUT2D eigenvalue weighted by molar-refractivity contribution is -0.141. The van der Waals surface area contributed by atoms with Crippen LogP contribution in [0.4, 0.5) is 4.79 Å². The Kier molecular flexibility index (Phi) is 6.96. The number of carbonyl (C=O) groups is 2. The number of aliphatic carboxylic acids is 1. The lowest BCUT2D eigenvalue weighted by atomic mass is 10.0. The van der Waals surface area contributed by atoms with E-state index in [4.69, 9.17) is 9.47 Å². The molecule has 1 unspecified atom stereocenters. The van der Waals surface area contributed by atoms with Gasteiger partial charge in [0.2, 0.25) is 0 Å². The van der Waals surface area contributed by atoms with Crippen LogP contribution in [0.3, 0.4) is 0 Å². The van der Waals surface area contributed by atoms with E-state index < -0.39 is 29.8 Å². The van der Waals surface area contributed by atoms with Crippen LogP contribution in [0, 0.1) is 0 Å². The van der Waals surface area contributed by atoms with E-state index in [1.54, 1.807) is 20.8 Å². The Labute approximate surface area is 159 Å². The number of amides is 1. The van der Waals surface area contributed by atoms with Crippen molar-refractivity contribution in [2.45, 2.75) is 38.5 Å². The number of nitrogens with one attached hydrogen (secondary N) is 1.